The van der Waals surface area contributed by atoms with Gasteiger partial charge in [-0.2, -0.15) is 0 Å². The highest BCUT2D eigenvalue weighted by molar-refractivity contribution is 5.81. The van der Waals surface area contributed by atoms with Crippen LogP contribution in [0.4, 0.5) is 0 Å². The van der Waals surface area contributed by atoms with E-state index in [1.165, 1.54) is 0 Å². The van der Waals surface area contributed by atoms with E-state index in [0.29, 0.717) is 0 Å². The molecule has 104 valence electrons. The number of carbonyl (C=O) groups excluding carboxylic acids is 1. The van der Waals surface area contributed by atoms with Crippen molar-refractivity contribution in [3.63, 3.8) is 0 Å². The number of carbonyl (C=O) groups is 1. The zero-order valence-corrected chi connectivity index (χ0v) is 12.3. The first-order chi connectivity index (χ1) is 8.68. The average Bonchev–Trinajstić information content (AvgIpc) is 2.31. The number of esters is 1. The molecule has 0 bridgehead atoms. The number of ether oxygens (including phenoxy) is 1. The highest BCUT2D eigenvalue weighted by Gasteiger charge is 2.22. The topological polar surface area (TPSA) is 46.5 Å². The SMILES string of the molecule is C=CC(=O)OCc1c(C)cc(C(C)(C)C)c(O)c1C. The summed E-state index contributed by atoms with van der Waals surface area (Å²) in [5.41, 5.74) is 3.40. The van der Waals surface area contributed by atoms with Crippen LogP contribution in [-0.2, 0) is 21.6 Å². The second-order valence-corrected chi connectivity index (χ2v) is 5.76. The van der Waals surface area contributed by atoms with Crippen LogP contribution >= 0.6 is 0 Å². The molecule has 0 aliphatic heterocycles. The largest absolute Gasteiger partial charge is 0.507 e. The van der Waals surface area contributed by atoms with E-state index in [1.807, 2.05) is 19.9 Å². The van der Waals surface area contributed by atoms with E-state index >= 15 is 0 Å². The van der Waals surface area contributed by atoms with Gasteiger partial charge in [0.15, 0.2) is 0 Å². The fourth-order valence-corrected chi connectivity index (χ4v) is 2.01. The number of hydrogen-bond acceptors (Lipinski definition) is 3. The van der Waals surface area contributed by atoms with E-state index in [2.05, 4.69) is 27.4 Å². The number of rotatable bonds is 3. The highest BCUT2D eigenvalue weighted by Crippen LogP contribution is 2.36. The molecule has 19 heavy (non-hydrogen) atoms. The maximum Gasteiger partial charge on any atom is 0.330 e. The molecule has 0 aliphatic carbocycles. The molecular formula is C16H22O3. The Kier molecular flexibility index (Phi) is 4.40. The standard InChI is InChI=1S/C16H22O3/c1-7-14(17)19-9-12-10(2)8-13(16(4,5)6)15(18)11(12)3/h7-8,18H,1,9H2,2-6H3. The fourth-order valence-electron chi connectivity index (χ4n) is 2.01. The van der Waals surface area contributed by atoms with Gasteiger partial charge in [-0.25, -0.2) is 4.79 Å². The minimum atomic E-state index is -0.460. The summed E-state index contributed by atoms with van der Waals surface area (Å²) in [6.45, 7) is 13.5. The highest BCUT2D eigenvalue weighted by atomic mass is 16.5. The Bertz CT molecular complexity index is 508. The molecule has 0 unspecified atom stereocenters. The summed E-state index contributed by atoms with van der Waals surface area (Å²) in [6, 6.07) is 1.96. The summed E-state index contributed by atoms with van der Waals surface area (Å²) in [6.07, 6.45) is 1.13. The third kappa shape index (κ3) is 3.37. The first kappa shape index (κ1) is 15.3. The lowest BCUT2D eigenvalue weighted by molar-refractivity contribution is -0.139. The lowest BCUT2D eigenvalue weighted by Crippen LogP contribution is -2.14. The van der Waals surface area contributed by atoms with Gasteiger partial charge in [-0.3, -0.25) is 0 Å². The van der Waals surface area contributed by atoms with E-state index < -0.39 is 5.97 Å². The van der Waals surface area contributed by atoms with Crippen molar-refractivity contribution in [2.45, 2.75) is 46.6 Å². The van der Waals surface area contributed by atoms with E-state index in [-0.39, 0.29) is 17.8 Å². The van der Waals surface area contributed by atoms with Crippen molar-refractivity contribution in [1.29, 1.82) is 0 Å². The van der Waals surface area contributed by atoms with Crippen LogP contribution in [0, 0.1) is 13.8 Å². The van der Waals surface area contributed by atoms with Crippen molar-refractivity contribution in [3.05, 3.63) is 41.0 Å². The summed E-state index contributed by atoms with van der Waals surface area (Å²) >= 11 is 0. The summed E-state index contributed by atoms with van der Waals surface area (Å²) in [7, 11) is 0. The summed E-state index contributed by atoms with van der Waals surface area (Å²) in [4.78, 5) is 11.1. The lowest BCUT2D eigenvalue weighted by atomic mass is 9.83. The van der Waals surface area contributed by atoms with Gasteiger partial charge in [0.2, 0.25) is 0 Å². The molecule has 1 rings (SSSR count). The molecule has 0 heterocycles. The van der Waals surface area contributed by atoms with Crippen LogP contribution in [-0.4, -0.2) is 11.1 Å². The molecule has 0 saturated carbocycles. The third-order valence-corrected chi connectivity index (χ3v) is 3.23. The van der Waals surface area contributed by atoms with Crippen molar-refractivity contribution in [2.24, 2.45) is 0 Å². The Labute approximate surface area is 114 Å². The van der Waals surface area contributed by atoms with Gasteiger partial charge in [0.25, 0.3) is 0 Å². The maximum atomic E-state index is 11.1. The van der Waals surface area contributed by atoms with Gasteiger partial charge in [0, 0.05) is 6.08 Å². The van der Waals surface area contributed by atoms with Crippen LogP contribution < -0.4 is 0 Å². The number of hydrogen-bond donors (Lipinski definition) is 1. The summed E-state index contributed by atoms with van der Waals surface area (Å²) in [5.74, 6) is -0.180. The Hall–Kier alpha value is -1.77. The summed E-state index contributed by atoms with van der Waals surface area (Å²) < 4.78 is 5.05. The molecule has 1 N–H and O–H groups in total. The molecule has 3 heteroatoms. The van der Waals surface area contributed by atoms with Crippen molar-refractivity contribution in [2.75, 3.05) is 0 Å². The van der Waals surface area contributed by atoms with Crippen LogP contribution in [0.2, 0.25) is 0 Å². The number of aryl methyl sites for hydroxylation is 1. The van der Waals surface area contributed by atoms with Crippen LogP contribution in [0.3, 0.4) is 0 Å². The second-order valence-electron chi connectivity index (χ2n) is 5.76. The molecule has 0 spiro atoms. The Balaban J connectivity index is 3.19. The van der Waals surface area contributed by atoms with Crippen molar-refractivity contribution < 1.29 is 14.6 Å². The molecule has 0 aliphatic rings. The molecule has 0 amide bonds. The van der Waals surface area contributed by atoms with Gasteiger partial charge in [-0.15, -0.1) is 0 Å². The van der Waals surface area contributed by atoms with Crippen LogP contribution in [0.25, 0.3) is 0 Å². The van der Waals surface area contributed by atoms with Gasteiger partial charge >= 0.3 is 5.97 Å². The maximum absolute atomic E-state index is 11.1. The number of aromatic hydroxyl groups is 1. The number of phenolic OH excluding ortho intramolecular Hbond substituents is 1. The second kappa shape index (κ2) is 5.47. The molecule has 3 nitrogen and oxygen atoms in total. The Morgan fingerprint density at radius 1 is 1.42 bits per heavy atom. The molecule has 0 atom stereocenters. The molecule has 1 aromatic rings. The monoisotopic (exact) mass is 262 g/mol. The molecule has 1 aromatic carbocycles. The molecule has 0 radical (unpaired) electrons. The molecule has 0 aromatic heterocycles. The minimum absolute atomic E-state index is 0.129. The van der Waals surface area contributed by atoms with Gasteiger partial charge in [-0.05, 0) is 41.5 Å². The smallest absolute Gasteiger partial charge is 0.330 e. The minimum Gasteiger partial charge on any atom is -0.507 e. The van der Waals surface area contributed by atoms with E-state index in [9.17, 15) is 9.90 Å². The molecule has 0 saturated heterocycles. The fraction of sp³-hybridized carbons (Fsp3) is 0.438. The van der Waals surface area contributed by atoms with Crippen LogP contribution in [0.1, 0.15) is 43.0 Å². The molecule has 0 fully saturated rings. The van der Waals surface area contributed by atoms with Crippen LogP contribution in [0.5, 0.6) is 5.75 Å². The Morgan fingerprint density at radius 2 is 2.00 bits per heavy atom. The third-order valence-electron chi connectivity index (χ3n) is 3.23. The van der Waals surface area contributed by atoms with Gasteiger partial charge < -0.3 is 9.84 Å². The van der Waals surface area contributed by atoms with Gasteiger partial charge in [-0.1, -0.05) is 33.4 Å². The summed E-state index contributed by atoms with van der Waals surface area (Å²) in [5, 5.41) is 10.3. The number of benzene rings is 1. The zero-order chi connectivity index (χ0) is 14.8. The Morgan fingerprint density at radius 3 is 2.47 bits per heavy atom. The first-order valence-corrected chi connectivity index (χ1v) is 6.30. The number of phenols is 1. The van der Waals surface area contributed by atoms with Gasteiger partial charge in [0.1, 0.15) is 12.4 Å². The van der Waals surface area contributed by atoms with Crippen molar-refractivity contribution in [3.8, 4) is 5.75 Å². The van der Waals surface area contributed by atoms with E-state index in [4.69, 9.17) is 4.74 Å². The van der Waals surface area contributed by atoms with Crippen molar-refractivity contribution >= 4 is 5.97 Å². The van der Waals surface area contributed by atoms with Crippen LogP contribution in [0.15, 0.2) is 18.7 Å². The predicted molar refractivity (Wildman–Crippen MR) is 76.3 cm³/mol. The van der Waals surface area contributed by atoms with Crippen molar-refractivity contribution in [1.82, 2.24) is 0 Å². The quantitative estimate of drug-likeness (QED) is 0.669. The normalized spacial score (nSPS) is 11.2. The van der Waals surface area contributed by atoms with Gasteiger partial charge in [0.05, 0.1) is 0 Å². The predicted octanol–water partition coefficient (Wildman–Crippen LogP) is 3.54. The zero-order valence-electron chi connectivity index (χ0n) is 12.3. The lowest BCUT2D eigenvalue weighted by Gasteiger charge is -2.24. The van der Waals surface area contributed by atoms with E-state index in [1.54, 1.807) is 0 Å². The first-order valence-electron chi connectivity index (χ1n) is 6.30. The average molecular weight is 262 g/mol. The van der Waals surface area contributed by atoms with E-state index in [0.717, 1.165) is 28.3 Å². The molecular weight excluding hydrogens is 240 g/mol.